The molecular weight excluding hydrogens is 452 g/mol. The van der Waals surface area contributed by atoms with Crippen molar-refractivity contribution in [2.75, 3.05) is 13.1 Å². The summed E-state index contributed by atoms with van der Waals surface area (Å²) in [4.78, 5) is 25.2. The number of aryl methyl sites for hydroxylation is 1. The number of nitrogens with one attached hydrogen (secondary N) is 1. The van der Waals surface area contributed by atoms with E-state index in [2.05, 4.69) is 5.32 Å². The van der Waals surface area contributed by atoms with E-state index in [9.17, 15) is 18.0 Å². The Labute approximate surface area is 202 Å². The van der Waals surface area contributed by atoms with Gasteiger partial charge < -0.3 is 10.1 Å². The van der Waals surface area contributed by atoms with Gasteiger partial charge >= 0.3 is 5.97 Å². The molecule has 1 aliphatic heterocycles. The van der Waals surface area contributed by atoms with Gasteiger partial charge in [0.15, 0.2) is 0 Å². The lowest BCUT2D eigenvalue weighted by molar-refractivity contribution is -0.148. The van der Waals surface area contributed by atoms with Crippen LogP contribution in [0.1, 0.15) is 63.1 Å². The largest absolute Gasteiger partial charge is 0.463 e. The quantitative estimate of drug-likeness (QED) is 0.513. The molecule has 1 heterocycles. The zero-order chi connectivity index (χ0) is 24.6. The Balaban J connectivity index is 1.58. The molecule has 0 bridgehead atoms. The lowest BCUT2D eigenvalue weighted by atomic mass is 10.0. The summed E-state index contributed by atoms with van der Waals surface area (Å²) in [5.74, 6) is -0.550. The number of hydrogen-bond acceptors (Lipinski definition) is 5. The summed E-state index contributed by atoms with van der Waals surface area (Å²) in [6.45, 7) is 4.71. The monoisotopic (exact) mass is 486 g/mol. The topological polar surface area (TPSA) is 92.8 Å². The van der Waals surface area contributed by atoms with E-state index >= 15 is 0 Å². The van der Waals surface area contributed by atoms with Crippen molar-refractivity contribution in [1.29, 1.82) is 0 Å². The Morgan fingerprint density at radius 2 is 1.62 bits per heavy atom. The number of benzene rings is 2. The molecule has 1 saturated heterocycles. The third kappa shape index (κ3) is 7.40. The van der Waals surface area contributed by atoms with Gasteiger partial charge in [0.1, 0.15) is 0 Å². The summed E-state index contributed by atoms with van der Waals surface area (Å²) in [6, 6.07) is 15.6. The number of carbonyl (C=O) groups is 2. The van der Waals surface area contributed by atoms with Gasteiger partial charge in [0.05, 0.1) is 23.5 Å². The summed E-state index contributed by atoms with van der Waals surface area (Å²) in [6.07, 6.45) is 3.38. The molecule has 1 N–H and O–H groups in total. The van der Waals surface area contributed by atoms with Crippen LogP contribution < -0.4 is 5.32 Å². The molecule has 184 valence electrons. The van der Waals surface area contributed by atoms with Gasteiger partial charge in [-0.1, -0.05) is 48.9 Å². The minimum absolute atomic E-state index is 0.0526. The van der Waals surface area contributed by atoms with Crippen LogP contribution in [0, 0.1) is 0 Å². The van der Waals surface area contributed by atoms with Crippen LogP contribution in [0.25, 0.3) is 0 Å². The van der Waals surface area contributed by atoms with Crippen LogP contribution in [0.3, 0.4) is 0 Å². The first-order valence-electron chi connectivity index (χ1n) is 11.9. The fourth-order valence-corrected chi connectivity index (χ4v) is 5.54. The second-order valence-electron chi connectivity index (χ2n) is 8.88. The molecule has 8 heteroatoms. The van der Waals surface area contributed by atoms with Gasteiger partial charge in [-0.05, 0) is 56.4 Å². The minimum atomic E-state index is -3.47. The molecule has 1 fully saturated rings. The van der Waals surface area contributed by atoms with Gasteiger partial charge in [0.2, 0.25) is 15.9 Å². The van der Waals surface area contributed by atoms with Crippen molar-refractivity contribution in [1.82, 2.24) is 9.62 Å². The van der Waals surface area contributed by atoms with Crippen LogP contribution in [-0.2, 0) is 30.8 Å². The highest BCUT2D eigenvalue weighted by Crippen LogP contribution is 2.22. The van der Waals surface area contributed by atoms with Gasteiger partial charge in [-0.2, -0.15) is 4.31 Å². The molecule has 1 atom stereocenters. The molecule has 0 radical (unpaired) electrons. The maximum Gasteiger partial charge on any atom is 0.308 e. The summed E-state index contributed by atoms with van der Waals surface area (Å²) >= 11 is 0. The SMILES string of the molecule is CC(C)OC(=O)CC(NC(=O)CCc1ccc(S(=O)(=O)N2CCCCC2)cc1)c1ccccc1. The lowest BCUT2D eigenvalue weighted by Crippen LogP contribution is -2.35. The molecule has 0 spiro atoms. The number of rotatable bonds is 10. The fourth-order valence-electron chi connectivity index (χ4n) is 4.02. The predicted molar refractivity (Wildman–Crippen MR) is 131 cm³/mol. The molecule has 0 aliphatic carbocycles. The van der Waals surface area contributed by atoms with E-state index in [-0.39, 0.29) is 35.7 Å². The van der Waals surface area contributed by atoms with Gasteiger partial charge in [-0.25, -0.2) is 8.42 Å². The Bertz CT molecular complexity index is 1050. The minimum Gasteiger partial charge on any atom is -0.463 e. The van der Waals surface area contributed by atoms with Crippen LogP contribution >= 0.6 is 0 Å². The van der Waals surface area contributed by atoms with Crippen LogP contribution in [0.15, 0.2) is 59.5 Å². The van der Waals surface area contributed by atoms with Crippen molar-refractivity contribution < 1.29 is 22.7 Å². The van der Waals surface area contributed by atoms with Crippen molar-refractivity contribution in [2.45, 2.75) is 69.4 Å². The van der Waals surface area contributed by atoms with Crippen LogP contribution in [0.4, 0.5) is 0 Å². The molecule has 7 nitrogen and oxygen atoms in total. The van der Waals surface area contributed by atoms with Gasteiger partial charge in [0, 0.05) is 19.5 Å². The predicted octanol–water partition coefficient (Wildman–Crippen LogP) is 3.99. The zero-order valence-corrected chi connectivity index (χ0v) is 20.7. The summed E-state index contributed by atoms with van der Waals surface area (Å²) in [5, 5.41) is 2.94. The van der Waals surface area contributed by atoms with E-state index in [1.54, 1.807) is 42.4 Å². The van der Waals surface area contributed by atoms with Gasteiger partial charge in [-0.15, -0.1) is 0 Å². The van der Waals surface area contributed by atoms with Crippen LogP contribution in [0.5, 0.6) is 0 Å². The summed E-state index contributed by atoms with van der Waals surface area (Å²) in [5.41, 5.74) is 1.71. The fraction of sp³-hybridized carbons (Fsp3) is 0.462. The van der Waals surface area contributed by atoms with Crippen molar-refractivity contribution in [2.24, 2.45) is 0 Å². The van der Waals surface area contributed by atoms with E-state index in [4.69, 9.17) is 4.74 Å². The molecule has 0 saturated carbocycles. The number of carbonyl (C=O) groups excluding carboxylic acids is 2. The molecular formula is C26H34N2O5S. The van der Waals surface area contributed by atoms with E-state index in [0.717, 1.165) is 30.4 Å². The second-order valence-corrected chi connectivity index (χ2v) is 10.8. The molecule has 3 rings (SSSR count). The van der Waals surface area contributed by atoms with Crippen LogP contribution in [-0.4, -0.2) is 43.8 Å². The first-order chi connectivity index (χ1) is 16.3. The number of nitrogens with zero attached hydrogens (tertiary/aromatic N) is 1. The highest BCUT2D eigenvalue weighted by molar-refractivity contribution is 7.89. The third-order valence-corrected chi connectivity index (χ3v) is 7.70. The van der Waals surface area contributed by atoms with E-state index in [1.807, 2.05) is 30.3 Å². The average Bonchev–Trinajstić information content (AvgIpc) is 2.83. The van der Waals surface area contributed by atoms with E-state index in [0.29, 0.717) is 19.5 Å². The number of esters is 1. The molecule has 1 aliphatic rings. The van der Waals surface area contributed by atoms with Crippen LogP contribution in [0.2, 0.25) is 0 Å². The van der Waals surface area contributed by atoms with Gasteiger partial charge in [-0.3, -0.25) is 9.59 Å². The van der Waals surface area contributed by atoms with Crippen molar-refractivity contribution in [3.8, 4) is 0 Å². The normalized spacial score (nSPS) is 15.6. The first-order valence-corrected chi connectivity index (χ1v) is 13.3. The second kappa shape index (κ2) is 12.1. The molecule has 2 aromatic carbocycles. The molecule has 1 amide bonds. The van der Waals surface area contributed by atoms with Crippen molar-refractivity contribution >= 4 is 21.9 Å². The smallest absolute Gasteiger partial charge is 0.308 e. The van der Waals surface area contributed by atoms with Crippen molar-refractivity contribution in [3.05, 3.63) is 65.7 Å². The maximum atomic E-state index is 12.8. The highest BCUT2D eigenvalue weighted by Gasteiger charge is 2.25. The highest BCUT2D eigenvalue weighted by atomic mass is 32.2. The standard InChI is InChI=1S/C26H34N2O5S/c1-20(2)33-26(30)19-24(22-9-5-3-6-10-22)27-25(29)16-13-21-11-14-23(15-12-21)34(31,32)28-17-7-4-8-18-28/h3,5-6,9-12,14-15,20,24H,4,7-8,13,16-19H2,1-2H3,(H,27,29). The number of piperidine rings is 1. The Hall–Kier alpha value is -2.71. The average molecular weight is 487 g/mol. The lowest BCUT2D eigenvalue weighted by Gasteiger charge is -2.25. The summed E-state index contributed by atoms with van der Waals surface area (Å²) < 4.78 is 32.4. The Kier molecular flexibility index (Phi) is 9.24. The Morgan fingerprint density at radius 3 is 2.24 bits per heavy atom. The maximum absolute atomic E-state index is 12.8. The van der Waals surface area contributed by atoms with Crippen molar-refractivity contribution in [3.63, 3.8) is 0 Å². The molecule has 1 unspecified atom stereocenters. The number of sulfonamides is 1. The third-order valence-electron chi connectivity index (χ3n) is 5.79. The molecule has 0 aromatic heterocycles. The molecule has 34 heavy (non-hydrogen) atoms. The summed E-state index contributed by atoms with van der Waals surface area (Å²) in [7, 11) is -3.47. The molecule has 2 aromatic rings. The number of ether oxygens (including phenoxy) is 1. The van der Waals surface area contributed by atoms with Gasteiger partial charge in [0.25, 0.3) is 0 Å². The van der Waals surface area contributed by atoms with E-state index in [1.165, 1.54) is 0 Å². The number of hydrogen-bond donors (Lipinski definition) is 1. The van der Waals surface area contributed by atoms with E-state index < -0.39 is 16.1 Å². The Morgan fingerprint density at radius 1 is 0.971 bits per heavy atom. The zero-order valence-electron chi connectivity index (χ0n) is 19.9. The number of amides is 1. The first kappa shape index (κ1) is 25.9.